The van der Waals surface area contributed by atoms with Gasteiger partial charge >= 0.3 is 0 Å². The number of nitrogens with zero attached hydrogens (tertiary/aromatic N) is 1. The highest BCUT2D eigenvalue weighted by Crippen LogP contribution is 2.46. The number of para-hydroxylation sites is 1. The monoisotopic (exact) mass is 697 g/mol. The fourth-order valence-corrected chi connectivity index (χ4v) is 10.7. The standard InChI is InChI=1S/C48H27NOS2/c1-2-10-32-31(9-1)33-20-17-28(23-37(33)38-26-42-36-13-5-8-16-46(36)52-48(42)27-39(32)38)49(29-18-21-44-40(24-29)34-11-3-6-14-43(34)50-44)30-19-22-47-41(25-30)35-12-4-7-15-45(35)51-47/h1-27H. The first kappa shape index (κ1) is 28.5. The van der Waals surface area contributed by atoms with Crippen molar-refractivity contribution in [3.63, 3.8) is 0 Å². The first-order chi connectivity index (χ1) is 25.7. The third-order valence-electron chi connectivity index (χ3n) is 10.8. The molecule has 0 aliphatic heterocycles. The van der Waals surface area contributed by atoms with E-state index < -0.39 is 0 Å². The minimum absolute atomic E-state index is 0.896. The van der Waals surface area contributed by atoms with Crippen LogP contribution in [0.25, 0.3) is 94.6 Å². The van der Waals surface area contributed by atoms with Crippen molar-refractivity contribution in [3.8, 4) is 0 Å². The van der Waals surface area contributed by atoms with Gasteiger partial charge in [-0.2, -0.15) is 0 Å². The van der Waals surface area contributed by atoms with Crippen LogP contribution in [0.2, 0.25) is 0 Å². The quantitative estimate of drug-likeness (QED) is 0.171. The number of anilines is 3. The van der Waals surface area contributed by atoms with Crippen LogP contribution < -0.4 is 4.90 Å². The maximum atomic E-state index is 6.28. The number of benzene rings is 9. The van der Waals surface area contributed by atoms with Gasteiger partial charge in [-0.1, -0.05) is 84.9 Å². The van der Waals surface area contributed by atoms with Crippen LogP contribution in [0.3, 0.4) is 0 Å². The maximum Gasteiger partial charge on any atom is 0.135 e. The van der Waals surface area contributed by atoms with E-state index in [0.717, 1.165) is 39.0 Å². The topological polar surface area (TPSA) is 16.4 Å². The molecular weight excluding hydrogens is 671 g/mol. The molecule has 0 unspecified atom stereocenters. The lowest BCUT2D eigenvalue weighted by Gasteiger charge is -2.26. The Balaban J connectivity index is 1.17. The summed E-state index contributed by atoms with van der Waals surface area (Å²) in [6.45, 7) is 0. The molecule has 0 saturated carbocycles. The van der Waals surface area contributed by atoms with Crippen molar-refractivity contribution in [2.24, 2.45) is 0 Å². The van der Waals surface area contributed by atoms with Crippen molar-refractivity contribution in [1.29, 1.82) is 0 Å². The normalized spacial score (nSPS) is 12.2. The zero-order valence-corrected chi connectivity index (χ0v) is 29.4. The van der Waals surface area contributed by atoms with Gasteiger partial charge in [-0.3, -0.25) is 0 Å². The molecule has 0 bridgehead atoms. The molecule has 52 heavy (non-hydrogen) atoms. The van der Waals surface area contributed by atoms with Crippen molar-refractivity contribution < 1.29 is 4.42 Å². The second-order valence-corrected chi connectivity index (χ2v) is 15.8. The molecule has 0 saturated heterocycles. The van der Waals surface area contributed by atoms with Gasteiger partial charge in [-0.05, 0) is 111 Å². The molecule has 12 aromatic rings. The SMILES string of the molecule is c1ccc2c(c1)oc1ccc(N(c3ccc4sc5ccccc5c4c3)c3ccc4c5ccccc5c5cc6sc7ccccc7c6cc5c4c3)cc12. The summed E-state index contributed by atoms with van der Waals surface area (Å²) in [5, 5.41) is 15.1. The number of rotatable bonds is 3. The van der Waals surface area contributed by atoms with E-state index in [2.05, 4.69) is 163 Å². The van der Waals surface area contributed by atoms with Gasteiger partial charge in [0.15, 0.2) is 0 Å². The highest BCUT2D eigenvalue weighted by atomic mass is 32.1. The Hall–Kier alpha value is -6.20. The molecule has 0 fully saturated rings. The summed E-state index contributed by atoms with van der Waals surface area (Å²) >= 11 is 3.74. The van der Waals surface area contributed by atoms with E-state index in [4.69, 9.17) is 4.42 Å². The van der Waals surface area contributed by atoms with Gasteiger partial charge in [-0.15, -0.1) is 22.7 Å². The molecule has 2 nitrogen and oxygen atoms in total. The zero-order valence-electron chi connectivity index (χ0n) is 27.8. The van der Waals surface area contributed by atoms with E-state index in [9.17, 15) is 0 Å². The Morgan fingerprint density at radius 2 is 0.750 bits per heavy atom. The summed E-state index contributed by atoms with van der Waals surface area (Å²) in [6, 6.07) is 60.2. The average Bonchev–Trinajstić information content (AvgIpc) is 3.88. The first-order valence-electron chi connectivity index (χ1n) is 17.6. The van der Waals surface area contributed by atoms with Crippen molar-refractivity contribution in [2.75, 3.05) is 4.90 Å². The molecule has 12 rings (SSSR count). The summed E-state index contributed by atoms with van der Waals surface area (Å²) in [6.07, 6.45) is 0. The Morgan fingerprint density at radius 1 is 0.288 bits per heavy atom. The molecule has 0 spiro atoms. The molecule has 3 aromatic heterocycles. The fourth-order valence-electron chi connectivity index (χ4n) is 8.45. The maximum absolute atomic E-state index is 6.28. The Bertz CT molecular complexity index is 3320. The molecule has 9 aromatic carbocycles. The smallest absolute Gasteiger partial charge is 0.135 e. The fraction of sp³-hybridized carbons (Fsp3) is 0. The molecule has 4 heteroatoms. The number of fused-ring (bicyclic) bond motifs is 15. The minimum Gasteiger partial charge on any atom is -0.456 e. The Kier molecular flexibility index (Phi) is 5.84. The second-order valence-electron chi connectivity index (χ2n) is 13.7. The molecule has 0 aliphatic carbocycles. The van der Waals surface area contributed by atoms with Gasteiger partial charge in [0.05, 0.1) is 0 Å². The van der Waals surface area contributed by atoms with Gasteiger partial charge in [0.25, 0.3) is 0 Å². The number of hydrogen-bond donors (Lipinski definition) is 0. The van der Waals surface area contributed by atoms with Crippen LogP contribution in [0.15, 0.2) is 168 Å². The molecule has 0 aliphatic rings. The lowest BCUT2D eigenvalue weighted by molar-refractivity contribution is 0.669. The van der Waals surface area contributed by atoms with E-state index in [1.165, 1.54) is 72.7 Å². The molecule has 0 atom stereocenters. The van der Waals surface area contributed by atoms with Gasteiger partial charge < -0.3 is 9.32 Å². The zero-order chi connectivity index (χ0) is 33.9. The predicted molar refractivity (Wildman–Crippen MR) is 227 cm³/mol. The first-order valence-corrected chi connectivity index (χ1v) is 19.2. The molecule has 0 N–H and O–H groups in total. The molecule has 3 heterocycles. The summed E-state index contributed by atoms with van der Waals surface area (Å²) in [5.41, 5.74) is 5.13. The van der Waals surface area contributed by atoms with Crippen LogP contribution in [0.5, 0.6) is 0 Å². The Morgan fingerprint density at radius 3 is 1.52 bits per heavy atom. The molecule has 242 valence electrons. The lowest BCUT2D eigenvalue weighted by atomic mass is 9.93. The predicted octanol–water partition coefficient (Wildman–Crippen LogP) is 15.3. The van der Waals surface area contributed by atoms with Gasteiger partial charge in [0.2, 0.25) is 0 Å². The number of furan rings is 1. The van der Waals surface area contributed by atoms with Crippen molar-refractivity contribution in [2.45, 2.75) is 0 Å². The summed E-state index contributed by atoms with van der Waals surface area (Å²) < 4.78 is 11.5. The van der Waals surface area contributed by atoms with Crippen molar-refractivity contribution in [1.82, 2.24) is 0 Å². The van der Waals surface area contributed by atoms with E-state index >= 15 is 0 Å². The average molecular weight is 698 g/mol. The third-order valence-corrected chi connectivity index (χ3v) is 13.1. The van der Waals surface area contributed by atoms with E-state index in [1.807, 2.05) is 28.7 Å². The summed E-state index contributed by atoms with van der Waals surface area (Å²) in [4.78, 5) is 2.42. The van der Waals surface area contributed by atoms with Crippen molar-refractivity contribution in [3.05, 3.63) is 164 Å². The van der Waals surface area contributed by atoms with E-state index in [0.29, 0.717) is 0 Å². The van der Waals surface area contributed by atoms with Crippen LogP contribution in [0, 0.1) is 0 Å². The number of hydrogen-bond acceptors (Lipinski definition) is 4. The molecule has 0 amide bonds. The van der Waals surface area contributed by atoms with Gasteiger partial charge in [0, 0.05) is 68.2 Å². The number of thiophene rings is 2. The Labute approximate surface area is 306 Å². The van der Waals surface area contributed by atoms with Crippen molar-refractivity contribution >= 4 is 134 Å². The molecular formula is C48H27NOS2. The molecule has 0 radical (unpaired) electrons. The van der Waals surface area contributed by atoms with Crippen LogP contribution in [-0.4, -0.2) is 0 Å². The van der Waals surface area contributed by atoms with Crippen LogP contribution in [-0.2, 0) is 0 Å². The highest BCUT2D eigenvalue weighted by Gasteiger charge is 2.19. The van der Waals surface area contributed by atoms with Gasteiger partial charge in [-0.25, -0.2) is 0 Å². The largest absolute Gasteiger partial charge is 0.456 e. The van der Waals surface area contributed by atoms with E-state index in [1.54, 1.807) is 0 Å². The lowest BCUT2D eigenvalue weighted by Crippen LogP contribution is -2.09. The second kappa shape index (κ2) is 10.7. The third kappa shape index (κ3) is 4.05. The minimum atomic E-state index is 0.896. The van der Waals surface area contributed by atoms with Crippen LogP contribution in [0.4, 0.5) is 17.1 Å². The summed E-state index contributed by atoms with van der Waals surface area (Å²) in [5.74, 6) is 0. The van der Waals surface area contributed by atoms with Gasteiger partial charge in [0.1, 0.15) is 11.2 Å². The van der Waals surface area contributed by atoms with Crippen LogP contribution in [0.1, 0.15) is 0 Å². The van der Waals surface area contributed by atoms with Crippen LogP contribution >= 0.6 is 22.7 Å². The highest BCUT2D eigenvalue weighted by molar-refractivity contribution is 7.26. The van der Waals surface area contributed by atoms with E-state index in [-0.39, 0.29) is 0 Å². The summed E-state index contributed by atoms with van der Waals surface area (Å²) in [7, 11) is 0.